The Morgan fingerprint density at radius 2 is 1.86 bits per heavy atom. The molecule has 21 heavy (non-hydrogen) atoms. The summed E-state index contributed by atoms with van der Waals surface area (Å²) in [4.78, 5) is 0. The van der Waals surface area contributed by atoms with Crippen LogP contribution < -0.4 is 0 Å². The Labute approximate surface area is 124 Å². The van der Waals surface area contributed by atoms with Gasteiger partial charge in [-0.25, -0.2) is 0 Å². The lowest BCUT2D eigenvalue weighted by Gasteiger charge is -2.60. The van der Waals surface area contributed by atoms with Crippen molar-refractivity contribution in [1.29, 1.82) is 0 Å². The highest BCUT2D eigenvalue weighted by molar-refractivity contribution is 6.47. The molecule has 0 spiro atoms. The summed E-state index contributed by atoms with van der Waals surface area (Å²) in [6.45, 7) is 8.02. The van der Waals surface area contributed by atoms with Crippen LogP contribution in [0.2, 0.25) is 5.82 Å². The molecule has 0 N–H and O–H groups in total. The summed E-state index contributed by atoms with van der Waals surface area (Å²) < 4.78 is 51.4. The summed E-state index contributed by atoms with van der Waals surface area (Å²) in [6, 6.07) is 0. The first-order valence-electron chi connectivity index (χ1n) is 7.98. The van der Waals surface area contributed by atoms with Gasteiger partial charge in [0.15, 0.2) is 0 Å². The number of alkyl halides is 3. The fraction of sp³-hybridized carbons (Fsp3) is 1.00. The molecule has 4 fully saturated rings. The van der Waals surface area contributed by atoms with Crippen molar-refractivity contribution < 1.29 is 22.5 Å². The van der Waals surface area contributed by atoms with Crippen molar-refractivity contribution in [3.05, 3.63) is 0 Å². The zero-order valence-corrected chi connectivity index (χ0v) is 13.1. The van der Waals surface area contributed by atoms with Crippen molar-refractivity contribution in [3.63, 3.8) is 0 Å². The van der Waals surface area contributed by atoms with Gasteiger partial charge in [-0.1, -0.05) is 27.7 Å². The second-order valence-corrected chi connectivity index (χ2v) is 8.02. The molecule has 120 valence electrons. The number of hydrogen-bond acceptors (Lipinski definition) is 2. The normalized spacial score (nSPS) is 39.1. The molecule has 3 aliphatic carbocycles. The summed E-state index contributed by atoms with van der Waals surface area (Å²) >= 11 is 0. The molecule has 0 radical (unpaired) electrons. The van der Waals surface area contributed by atoms with Gasteiger partial charge in [-0.15, -0.1) is 0 Å². The van der Waals surface area contributed by atoms with Crippen molar-refractivity contribution in [1.82, 2.24) is 0 Å². The quantitative estimate of drug-likeness (QED) is 0.724. The summed E-state index contributed by atoms with van der Waals surface area (Å²) in [7, 11) is -1.11. The highest BCUT2D eigenvalue weighted by Gasteiger charge is 2.64. The fourth-order valence-corrected chi connectivity index (χ4v) is 4.46. The SMILES string of the molecule is CC(C)C[C@@H](B1O[C@@H]2C[C@@H]3CC([C@@H]2O1)C3(C)C)C(F)(F)F. The van der Waals surface area contributed by atoms with Gasteiger partial charge in [-0.05, 0) is 42.4 Å². The van der Waals surface area contributed by atoms with Crippen LogP contribution in [0.5, 0.6) is 0 Å². The van der Waals surface area contributed by atoms with Gasteiger partial charge in [0, 0.05) is 0 Å². The smallest absolute Gasteiger partial charge is 0.405 e. The molecule has 0 amide bonds. The first-order valence-corrected chi connectivity index (χ1v) is 7.98. The van der Waals surface area contributed by atoms with E-state index in [0.29, 0.717) is 11.8 Å². The van der Waals surface area contributed by atoms with Crippen LogP contribution in [0.1, 0.15) is 47.0 Å². The van der Waals surface area contributed by atoms with Crippen LogP contribution >= 0.6 is 0 Å². The minimum absolute atomic E-state index is 0.0310. The van der Waals surface area contributed by atoms with Crippen LogP contribution in [0, 0.1) is 23.2 Å². The molecule has 0 aromatic heterocycles. The fourth-order valence-electron chi connectivity index (χ4n) is 4.46. The number of rotatable bonds is 3. The topological polar surface area (TPSA) is 18.5 Å². The van der Waals surface area contributed by atoms with Crippen LogP contribution in [0.25, 0.3) is 0 Å². The summed E-state index contributed by atoms with van der Waals surface area (Å²) in [5.41, 5.74) is 0.186. The minimum atomic E-state index is -4.26. The highest BCUT2D eigenvalue weighted by Crippen LogP contribution is 2.62. The van der Waals surface area contributed by atoms with Gasteiger partial charge in [0.05, 0.1) is 18.0 Å². The first-order chi connectivity index (χ1) is 9.60. The van der Waals surface area contributed by atoms with Gasteiger partial charge in [0.2, 0.25) is 0 Å². The van der Waals surface area contributed by atoms with Crippen LogP contribution in [-0.2, 0) is 9.31 Å². The molecular formula is C15H24BF3O2. The Morgan fingerprint density at radius 1 is 1.19 bits per heavy atom. The maximum atomic E-state index is 13.3. The number of halogens is 3. The van der Waals surface area contributed by atoms with Gasteiger partial charge in [-0.3, -0.25) is 0 Å². The summed E-state index contributed by atoms with van der Waals surface area (Å²) in [5, 5.41) is 0. The van der Waals surface area contributed by atoms with Gasteiger partial charge in [0.1, 0.15) is 0 Å². The number of hydrogen-bond donors (Lipinski definition) is 0. The first kappa shape index (κ1) is 15.7. The zero-order valence-electron chi connectivity index (χ0n) is 13.1. The van der Waals surface area contributed by atoms with Crippen molar-refractivity contribution in [2.24, 2.45) is 23.2 Å². The molecule has 1 saturated heterocycles. The van der Waals surface area contributed by atoms with E-state index in [4.69, 9.17) is 9.31 Å². The molecule has 0 aromatic carbocycles. The summed E-state index contributed by atoms with van der Waals surface area (Å²) in [5.74, 6) is -0.625. The van der Waals surface area contributed by atoms with E-state index in [-0.39, 0.29) is 30.0 Å². The van der Waals surface area contributed by atoms with E-state index in [1.807, 2.05) is 0 Å². The predicted molar refractivity (Wildman–Crippen MR) is 74.8 cm³/mol. The average Bonchev–Trinajstić information content (AvgIpc) is 2.76. The zero-order chi connectivity index (χ0) is 15.6. The van der Waals surface area contributed by atoms with Crippen molar-refractivity contribution in [3.8, 4) is 0 Å². The van der Waals surface area contributed by atoms with E-state index in [1.165, 1.54) is 0 Å². The molecule has 1 heterocycles. The molecule has 1 aliphatic heterocycles. The summed E-state index contributed by atoms with van der Waals surface area (Å²) in [6.07, 6.45) is -2.57. The Morgan fingerprint density at radius 3 is 2.38 bits per heavy atom. The van der Waals surface area contributed by atoms with Crippen LogP contribution in [-0.4, -0.2) is 25.5 Å². The Kier molecular flexibility index (Phi) is 3.64. The lowest BCUT2D eigenvalue weighted by molar-refractivity contribution is -0.151. The third-order valence-electron chi connectivity index (χ3n) is 5.90. The average molecular weight is 304 g/mol. The van der Waals surface area contributed by atoms with E-state index in [2.05, 4.69) is 13.8 Å². The van der Waals surface area contributed by atoms with Crippen LogP contribution in [0.15, 0.2) is 0 Å². The molecule has 4 rings (SSSR count). The maximum absolute atomic E-state index is 13.3. The molecule has 6 heteroatoms. The Hall–Kier alpha value is -0.225. The van der Waals surface area contributed by atoms with Crippen molar-refractivity contribution >= 4 is 7.12 Å². The molecule has 4 aliphatic rings. The Bertz CT molecular complexity index is 410. The maximum Gasteiger partial charge on any atom is 0.470 e. The third kappa shape index (κ3) is 2.52. The second-order valence-electron chi connectivity index (χ2n) is 8.02. The molecule has 1 unspecified atom stereocenters. The molecule has 5 atom stereocenters. The standard InChI is InChI=1S/C15H24BF3O2/c1-8(2)5-12(15(17,18)19)16-20-11-7-9-6-10(13(11)21-16)14(9,3)4/h8-13H,5-7H2,1-4H3/t9-,10?,11+,12+,13-/m0/s1. The molecule has 3 saturated carbocycles. The predicted octanol–water partition coefficient (Wildman–Crippen LogP) is 4.30. The van der Waals surface area contributed by atoms with E-state index < -0.39 is 19.1 Å². The monoisotopic (exact) mass is 304 g/mol. The largest absolute Gasteiger partial charge is 0.470 e. The van der Waals surface area contributed by atoms with Gasteiger partial charge < -0.3 is 9.31 Å². The van der Waals surface area contributed by atoms with Crippen LogP contribution in [0.4, 0.5) is 13.2 Å². The van der Waals surface area contributed by atoms with E-state index in [9.17, 15) is 13.2 Å². The van der Waals surface area contributed by atoms with Gasteiger partial charge in [0.25, 0.3) is 0 Å². The van der Waals surface area contributed by atoms with Crippen molar-refractivity contribution in [2.75, 3.05) is 0 Å². The highest BCUT2D eigenvalue weighted by atomic mass is 19.4. The van der Waals surface area contributed by atoms with E-state index >= 15 is 0 Å². The van der Waals surface area contributed by atoms with E-state index in [1.54, 1.807) is 13.8 Å². The van der Waals surface area contributed by atoms with Gasteiger partial charge >= 0.3 is 13.3 Å². The van der Waals surface area contributed by atoms with Crippen molar-refractivity contribution in [2.45, 2.75) is 71.2 Å². The minimum Gasteiger partial charge on any atom is -0.405 e. The lowest BCUT2D eigenvalue weighted by atomic mass is 9.47. The molecular weight excluding hydrogens is 280 g/mol. The third-order valence-corrected chi connectivity index (χ3v) is 5.90. The molecule has 2 nitrogen and oxygen atoms in total. The lowest BCUT2D eigenvalue weighted by Crippen LogP contribution is -2.59. The van der Waals surface area contributed by atoms with Gasteiger partial charge in [-0.2, -0.15) is 13.2 Å². The van der Waals surface area contributed by atoms with E-state index in [0.717, 1.165) is 12.8 Å². The van der Waals surface area contributed by atoms with Crippen LogP contribution in [0.3, 0.4) is 0 Å². The Balaban J connectivity index is 1.74. The molecule has 0 aromatic rings. The molecule has 2 bridgehead atoms. The second kappa shape index (κ2) is 4.88.